The van der Waals surface area contributed by atoms with E-state index in [4.69, 9.17) is 8.94 Å². The molecule has 2 aromatic rings. The highest BCUT2D eigenvalue weighted by Gasteiger charge is 2.23. The van der Waals surface area contributed by atoms with Crippen LogP contribution < -0.4 is 5.32 Å². The Bertz CT molecular complexity index is 417. The average Bonchev–Trinajstić information content (AvgIpc) is 2.71. The van der Waals surface area contributed by atoms with Gasteiger partial charge < -0.3 is 14.3 Å². The van der Waals surface area contributed by atoms with Crippen LogP contribution in [0.5, 0.6) is 0 Å². The van der Waals surface area contributed by atoms with Crippen molar-refractivity contribution in [1.29, 1.82) is 0 Å². The predicted octanol–water partition coefficient (Wildman–Crippen LogP) is 1.90. The third-order valence-electron chi connectivity index (χ3n) is 2.07. The van der Waals surface area contributed by atoms with E-state index in [0.717, 1.165) is 0 Å². The molecule has 0 aliphatic heterocycles. The first-order valence-corrected chi connectivity index (χ1v) is 4.56. The summed E-state index contributed by atoms with van der Waals surface area (Å²) in [5.41, 5.74) is 0. The van der Waals surface area contributed by atoms with Crippen LogP contribution in [-0.2, 0) is 0 Å². The fourth-order valence-corrected chi connectivity index (χ4v) is 1.19. The average molecular weight is 191 g/mol. The van der Waals surface area contributed by atoms with Crippen LogP contribution in [0.3, 0.4) is 0 Å². The highest BCUT2D eigenvalue weighted by atomic mass is 16.5. The summed E-state index contributed by atoms with van der Waals surface area (Å²) in [5, 5.41) is 6.91. The highest BCUT2D eigenvalue weighted by Crippen LogP contribution is 2.25. The summed E-state index contributed by atoms with van der Waals surface area (Å²) in [7, 11) is 0. The van der Waals surface area contributed by atoms with Gasteiger partial charge in [0.2, 0.25) is 5.82 Å². The van der Waals surface area contributed by atoms with Crippen LogP contribution >= 0.6 is 0 Å². The van der Waals surface area contributed by atoms with Crippen molar-refractivity contribution in [3.05, 3.63) is 18.4 Å². The summed E-state index contributed by atoms with van der Waals surface area (Å²) >= 11 is 0. The van der Waals surface area contributed by atoms with E-state index in [2.05, 4.69) is 15.5 Å². The van der Waals surface area contributed by atoms with Gasteiger partial charge in [-0.25, -0.2) is 0 Å². The van der Waals surface area contributed by atoms with Crippen LogP contribution in [0.2, 0.25) is 0 Å². The minimum atomic E-state index is 0.471. The predicted molar refractivity (Wildman–Crippen MR) is 48.6 cm³/mol. The van der Waals surface area contributed by atoms with Crippen LogP contribution in [0.25, 0.3) is 11.6 Å². The molecular weight excluding hydrogens is 182 g/mol. The van der Waals surface area contributed by atoms with Gasteiger partial charge >= 0.3 is 6.01 Å². The molecule has 3 rings (SSSR count). The van der Waals surface area contributed by atoms with Crippen LogP contribution in [0.4, 0.5) is 6.01 Å². The maximum Gasteiger partial charge on any atom is 0.322 e. The lowest BCUT2D eigenvalue weighted by Gasteiger charge is -1.92. The van der Waals surface area contributed by atoms with Crippen molar-refractivity contribution in [2.75, 3.05) is 5.32 Å². The minimum absolute atomic E-state index is 0.471. The van der Waals surface area contributed by atoms with Gasteiger partial charge in [0.15, 0.2) is 5.76 Å². The van der Waals surface area contributed by atoms with E-state index >= 15 is 0 Å². The van der Waals surface area contributed by atoms with Gasteiger partial charge in [0.25, 0.3) is 0 Å². The molecule has 2 heterocycles. The molecule has 1 fully saturated rings. The molecule has 5 nitrogen and oxygen atoms in total. The number of anilines is 1. The summed E-state index contributed by atoms with van der Waals surface area (Å²) in [6, 6.07) is 4.57. The van der Waals surface area contributed by atoms with E-state index in [-0.39, 0.29) is 0 Å². The third kappa shape index (κ3) is 1.37. The fourth-order valence-electron chi connectivity index (χ4n) is 1.19. The molecule has 5 heteroatoms. The maximum atomic E-state index is 5.14. The monoisotopic (exact) mass is 191 g/mol. The van der Waals surface area contributed by atoms with Gasteiger partial charge in [-0.1, -0.05) is 5.16 Å². The Hall–Kier alpha value is -1.78. The number of aromatic nitrogens is 2. The molecule has 1 aliphatic rings. The summed E-state index contributed by atoms with van der Waals surface area (Å²) < 4.78 is 10.1. The fraction of sp³-hybridized carbons (Fsp3) is 0.333. The van der Waals surface area contributed by atoms with Crippen LogP contribution in [0.1, 0.15) is 12.8 Å². The number of nitrogens with one attached hydrogen (secondary N) is 1. The first-order chi connectivity index (χ1) is 6.92. The van der Waals surface area contributed by atoms with E-state index in [1.807, 2.05) is 0 Å². The van der Waals surface area contributed by atoms with Crippen molar-refractivity contribution in [2.45, 2.75) is 18.9 Å². The SMILES string of the molecule is c1coc(-c2noc(NC3CC3)n2)c1. The molecule has 72 valence electrons. The highest BCUT2D eigenvalue weighted by molar-refractivity contribution is 5.47. The molecule has 1 aliphatic carbocycles. The van der Waals surface area contributed by atoms with Crippen molar-refractivity contribution in [3.63, 3.8) is 0 Å². The molecule has 2 aromatic heterocycles. The zero-order valence-corrected chi connectivity index (χ0v) is 7.43. The summed E-state index contributed by atoms with van der Waals surface area (Å²) in [5.74, 6) is 1.11. The largest absolute Gasteiger partial charge is 0.461 e. The van der Waals surface area contributed by atoms with Crippen molar-refractivity contribution in [3.8, 4) is 11.6 Å². The lowest BCUT2D eigenvalue weighted by molar-refractivity contribution is 0.429. The van der Waals surface area contributed by atoms with Gasteiger partial charge in [0, 0.05) is 6.04 Å². The number of nitrogens with zero attached hydrogens (tertiary/aromatic N) is 2. The van der Waals surface area contributed by atoms with Gasteiger partial charge in [-0.2, -0.15) is 4.98 Å². The Morgan fingerprint density at radius 3 is 3.07 bits per heavy atom. The van der Waals surface area contributed by atoms with E-state index in [0.29, 0.717) is 23.6 Å². The maximum absolute atomic E-state index is 5.14. The number of hydrogen-bond acceptors (Lipinski definition) is 5. The molecule has 0 radical (unpaired) electrons. The first-order valence-electron chi connectivity index (χ1n) is 4.56. The van der Waals surface area contributed by atoms with E-state index in [1.165, 1.54) is 12.8 Å². The second-order valence-corrected chi connectivity index (χ2v) is 3.32. The zero-order valence-electron chi connectivity index (χ0n) is 7.43. The molecule has 0 unspecified atom stereocenters. The van der Waals surface area contributed by atoms with Crippen LogP contribution in [0.15, 0.2) is 27.3 Å². The van der Waals surface area contributed by atoms with Crippen molar-refractivity contribution >= 4 is 6.01 Å². The molecular formula is C9H9N3O2. The molecule has 0 spiro atoms. The van der Waals surface area contributed by atoms with Gasteiger partial charge in [0.05, 0.1) is 6.26 Å². The quantitative estimate of drug-likeness (QED) is 0.802. The Kier molecular flexibility index (Phi) is 1.56. The molecule has 0 atom stereocenters. The van der Waals surface area contributed by atoms with E-state index in [9.17, 15) is 0 Å². The lowest BCUT2D eigenvalue weighted by Crippen LogP contribution is -2.00. The first kappa shape index (κ1) is 7.61. The van der Waals surface area contributed by atoms with Gasteiger partial charge in [0.1, 0.15) is 0 Å². The second-order valence-electron chi connectivity index (χ2n) is 3.32. The zero-order chi connectivity index (χ0) is 9.38. The van der Waals surface area contributed by atoms with Crippen LogP contribution in [0, 0.1) is 0 Å². The lowest BCUT2D eigenvalue weighted by atomic mass is 10.4. The second kappa shape index (κ2) is 2.87. The summed E-state index contributed by atoms with van der Waals surface area (Å²) in [6.07, 6.45) is 3.94. The molecule has 14 heavy (non-hydrogen) atoms. The van der Waals surface area contributed by atoms with E-state index in [1.54, 1.807) is 18.4 Å². The number of rotatable bonds is 3. The van der Waals surface area contributed by atoms with Crippen molar-refractivity contribution in [2.24, 2.45) is 0 Å². The summed E-state index contributed by atoms with van der Waals surface area (Å²) in [6.45, 7) is 0. The normalized spacial score (nSPS) is 15.7. The number of hydrogen-bond donors (Lipinski definition) is 1. The van der Waals surface area contributed by atoms with Crippen molar-refractivity contribution < 1.29 is 8.94 Å². The van der Waals surface area contributed by atoms with Gasteiger partial charge in [-0.15, -0.1) is 0 Å². The van der Waals surface area contributed by atoms with Crippen molar-refractivity contribution in [1.82, 2.24) is 10.1 Å². The Morgan fingerprint density at radius 2 is 2.36 bits per heavy atom. The van der Waals surface area contributed by atoms with Gasteiger partial charge in [-0.05, 0) is 25.0 Å². The van der Waals surface area contributed by atoms with E-state index < -0.39 is 0 Å². The Labute approximate surface area is 80.1 Å². The topological polar surface area (TPSA) is 64.1 Å². The molecule has 1 saturated carbocycles. The Balaban J connectivity index is 1.82. The smallest absolute Gasteiger partial charge is 0.322 e. The standard InChI is InChI=1S/C9H9N3O2/c1-2-7(13-5-1)8-11-9(14-12-8)10-6-3-4-6/h1-2,5-6H,3-4H2,(H,10,11,12). The molecule has 0 amide bonds. The number of furan rings is 1. The van der Waals surface area contributed by atoms with Gasteiger partial charge in [-0.3, -0.25) is 0 Å². The molecule has 0 aromatic carbocycles. The molecule has 1 N–H and O–H groups in total. The molecule has 0 saturated heterocycles. The van der Waals surface area contributed by atoms with Crippen LogP contribution in [-0.4, -0.2) is 16.2 Å². The Morgan fingerprint density at radius 1 is 1.43 bits per heavy atom. The molecule has 0 bridgehead atoms. The summed E-state index contributed by atoms with van der Waals surface area (Å²) in [4.78, 5) is 4.15. The minimum Gasteiger partial charge on any atom is -0.461 e. The third-order valence-corrected chi connectivity index (χ3v) is 2.07.